The summed E-state index contributed by atoms with van der Waals surface area (Å²) in [6, 6.07) is 5.14. The van der Waals surface area contributed by atoms with E-state index < -0.39 is 0 Å². The zero-order valence-corrected chi connectivity index (χ0v) is 12.5. The molecule has 0 aromatic heterocycles. The SMILES string of the molecule is CCCCC(C)Nc1cc(OCCC)cc([N+](=O)[O-])c1. The first-order valence-corrected chi connectivity index (χ1v) is 7.25. The number of hydrogen-bond donors (Lipinski definition) is 1. The average molecular weight is 280 g/mol. The lowest BCUT2D eigenvalue weighted by molar-refractivity contribution is -0.384. The van der Waals surface area contributed by atoms with E-state index in [0.717, 1.165) is 31.4 Å². The second kappa shape index (κ2) is 8.40. The van der Waals surface area contributed by atoms with Crippen LogP contribution in [-0.4, -0.2) is 17.6 Å². The van der Waals surface area contributed by atoms with E-state index in [-0.39, 0.29) is 16.7 Å². The van der Waals surface area contributed by atoms with Gasteiger partial charge >= 0.3 is 0 Å². The molecule has 1 rings (SSSR count). The number of ether oxygens (including phenoxy) is 1. The van der Waals surface area contributed by atoms with Gasteiger partial charge in [-0.1, -0.05) is 26.7 Å². The van der Waals surface area contributed by atoms with Crippen LogP contribution >= 0.6 is 0 Å². The van der Waals surface area contributed by atoms with Crippen molar-refractivity contribution in [1.82, 2.24) is 0 Å². The molecule has 0 aliphatic heterocycles. The Kier molecular flexibility index (Phi) is 6.84. The fourth-order valence-corrected chi connectivity index (χ4v) is 1.94. The molecule has 0 heterocycles. The fraction of sp³-hybridized carbons (Fsp3) is 0.600. The number of hydrogen-bond acceptors (Lipinski definition) is 4. The first-order valence-electron chi connectivity index (χ1n) is 7.25. The van der Waals surface area contributed by atoms with E-state index in [9.17, 15) is 10.1 Å². The predicted molar refractivity (Wildman–Crippen MR) is 81.5 cm³/mol. The number of anilines is 1. The van der Waals surface area contributed by atoms with Crippen LogP contribution in [0.2, 0.25) is 0 Å². The summed E-state index contributed by atoms with van der Waals surface area (Å²) in [7, 11) is 0. The van der Waals surface area contributed by atoms with E-state index in [2.05, 4.69) is 19.2 Å². The van der Waals surface area contributed by atoms with Gasteiger partial charge in [0.15, 0.2) is 0 Å². The summed E-state index contributed by atoms with van der Waals surface area (Å²) in [5.41, 5.74) is 0.803. The van der Waals surface area contributed by atoms with Gasteiger partial charge in [-0.3, -0.25) is 10.1 Å². The zero-order valence-electron chi connectivity index (χ0n) is 12.5. The highest BCUT2D eigenvalue weighted by Crippen LogP contribution is 2.27. The molecule has 0 amide bonds. The molecule has 20 heavy (non-hydrogen) atoms. The Morgan fingerprint density at radius 2 is 2.05 bits per heavy atom. The molecule has 0 saturated carbocycles. The molecular formula is C15H24N2O3. The van der Waals surface area contributed by atoms with Crippen molar-refractivity contribution in [2.24, 2.45) is 0 Å². The van der Waals surface area contributed by atoms with Crippen molar-refractivity contribution in [3.05, 3.63) is 28.3 Å². The van der Waals surface area contributed by atoms with Gasteiger partial charge in [0.25, 0.3) is 5.69 Å². The zero-order chi connectivity index (χ0) is 15.0. The maximum atomic E-state index is 11.0. The van der Waals surface area contributed by atoms with Gasteiger partial charge in [-0.05, 0) is 19.8 Å². The maximum Gasteiger partial charge on any atom is 0.275 e. The third kappa shape index (κ3) is 5.47. The van der Waals surface area contributed by atoms with Crippen LogP contribution < -0.4 is 10.1 Å². The van der Waals surface area contributed by atoms with E-state index in [4.69, 9.17) is 4.74 Å². The molecule has 1 aromatic rings. The van der Waals surface area contributed by atoms with Gasteiger partial charge in [-0.15, -0.1) is 0 Å². The van der Waals surface area contributed by atoms with Gasteiger partial charge in [-0.25, -0.2) is 0 Å². The molecule has 0 aliphatic carbocycles. The highest BCUT2D eigenvalue weighted by molar-refractivity contribution is 5.56. The van der Waals surface area contributed by atoms with Crippen LogP contribution in [0.25, 0.3) is 0 Å². The number of benzene rings is 1. The Morgan fingerprint density at radius 3 is 2.65 bits per heavy atom. The van der Waals surface area contributed by atoms with Crippen LogP contribution in [-0.2, 0) is 0 Å². The van der Waals surface area contributed by atoms with Gasteiger partial charge in [0.1, 0.15) is 5.75 Å². The molecule has 0 fully saturated rings. The van der Waals surface area contributed by atoms with Crippen LogP contribution in [0.1, 0.15) is 46.5 Å². The highest BCUT2D eigenvalue weighted by atomic mass is 16.6. The van der Waals surface area contributed by atoms with Crippen molar-refractivity contribution in [3.63, 3.8) is 0 Å². The van der Waals surface area contributed by atoms with Crippen molar-refractivity contribution in [3.8, 4) is 5.75 Å². The third-order valence-corrected chi connectivity index (χ3v) is 2.98. The van der Waals surface area contributed by atoms with Crippen molar-refractivity contribution in [1.29, 1.82) is 0 Å². The van der Waals surface area contributed by atoms with Crippen molar-refractivity contribution >= 4 is 11.4 Å². The van der Waals surface area contributed by atoms with E-state index in [1.54, 1.807) is 6.07 Å². The Morgan fingerprint density at radius 1 is 1.30 bits per heavy atom. The Balaban J connectivity index is 2.82. The number of nitrogens with one attached hydrogen (secondary N) is 1. The lowest BCUT2D eigenvalue weighted by atomic mass is 10.1. The molecule has 112 valence electrons. The number of rotatable bonds is 9. The molecule has 0 spiro atoms. The summed E-state index contributed by atoms with van der Waals surface area (Å²) in [6.07, 6.45) is 4.21. The highest BCUT2D eigenvalue weighted by Gasteiger charge is 2.12. The number of nitro groups is 1. The molecule has 1 unspecified atom stereocenters. The van der Waals surface area contributed by atoms with E-state index in [0.29, 0.717) is 12.4 Å². The van der Waals surface area contributed by atoms with Crippen LogP contribution in [0.4, 0.5) is 11.4 Å². The van der Waals surface area contributed by atoms with Crippen LogP contribution in [0.3, 0.4) is 0 Å². The summed E-state index contributed by atoms with van der Waals surface area (Å²) < 4.78 is 5.50. The standard InChI is InChI=1S/C15H24N2O3/c1-4-6-7-12(3)16-13-9-14(17(18)19)11-15(10-13)20-8-5-2/h9-12,16H,4-8H2,1-3H3. The second-order valence-electron chi connectivity index (χ2n) is 5.01. The Labute approximate surface area is 120 Å². The Hall–Kier alpha value is -1.78. The number of nitrogens with zero attached hydrogens (tertiary/aromatic N) is 1. The molecule has 1 N–H and O–H groups in total. The molecule has 0 aliphatic rings. The van der Waals surface area contributed by atoms with Crippen LogP contribution in [0, 0.1) is 10.1 Å². The molecule has 0 saturated heterocycles. The smallest absolute Gasteiger partial charge is 0.275 e. The monoisotopic (exact) mass is 280 g/mol. The molecule has 0 radical (unpaired) electrons. The van der Waals surface area contributed by atoms with Crippen LogP contribution in [0.15, 0.2) is 18.2 Å². The Bertz CT molecular complexity index is 435. The quantitative estimate of drug-likeness (QED) is 0.538. The minimum Gasteiger partial charge on any atom is -0.493 e. The molecule has 1 atom stereocenters. The number of nitro benzene ring substituents is 1. The first-order chi connectivity index (χ1) is 9.56. The van der Waals surface area contributed by atoms with E-state index in [1.807, 2.05) is 13.0 Å². The average Bonchev–Trinajstić information content (AvgIpc) is 2.42. The van der Waals surface area contributed by atoms with E-state index in [1.165, 1.54) is 6.07 Å². The normalized spacial score (nSPS) is 11.9. The van der Waals surface area contributed by atoms with Gasteiger partial charge in [0.2, 0.25) is 0 Å². The van der Waals surface area contributed by atoms with E-state index >= 15 is 0 Å². The molecule has 1 aromatic carbocycles. The second-order valence-corrected chi connectivity index (χ2v) is 5.01. The molecule has 5 heteroatoms. The van der Waals surface area contributed by atoms with Crippen molar-refractivity contribution < 1.29 is 9.66 Å². The molecular weight excluding hydrogens is 256 g/mol. The lowest BCUT2D eigenvalue weighted by Crippen LogP contribution is -2.15. The van der Waals surface area contributed by atoms with Gasteiger partial charge in [-0.2, -0.15) is 0 Å². The largest absolute Gasteiger partial charge is 0.493 e. The number of unbranched alkanes of at least 4 members (excludes halogenated alkanes) is 1. The van der Waals surface area contributed by atoms with Gasteiger partial charge < -0.3 is 10.1 Å². The minimum absolute atomic E-state index is 0.0591. The summed E-state index contributed by atoms with van der Waals surface area (Å²) in [6.45, 7) is 6.80. The molecule has 5 nitrogen and oxygen atoms in total. The summed E-state index contributed by atoms with van der Waals surface area (Å²) in [4.78, 5) is 10.6. The van der Waals surface area contributed by atoms with Crippen molar-refractivity contribution in [2.75, 3.05) is 11.9 Å². The third-order valence-electron chi connectivity index (χ3n) is 2.98. The van der Waals surface area contributed by atoms with Crippen molar-refractivity contribution in [2.45, 2.75) is 52.5 Å². The summed E-state index contributed by atoms with van der Waals surface area (Å²) in [5.74, 6) is 0.547. The van der Waals surface area contributed by atoms with Gasteiger partial charge in [0, 0.05) is 23.9 Å². The first kappa shape index (κ1) is 16.3. The summed E-state index contributed by atoms with van der Waals surface area (Å²) >= 11 is 0. The lowest BCUT2D eigenvalue weighted by Gasteiger charge is -2.15. The summed E-state index contributed by atoms with van der Waals surface area (Å²) in [5, 5.41) is 14.3. The maximum absolute atomic E-state index is 11.0. The topological polar surface area (TPSA) is 64.4 Å². The predicted octanol–water partition coefficient (Wildman–Crippen LogP) is 4.37. The minimum atomic E-state index is -0.388. The van der Waals surface area contributed by atoms with Gasteiger partial charge in [0.05, 0.1) is 17.6 Å². The fourth-order valence-electron chi connectivity index (χ4n) is 1.94. The number of non-ortho nitro benzene ring substituents is 1. The van der Waals surface area contributed by atoms with Crippen LogP contribution in [0.5, 0.6) is 5.75 Å². The molecule has 0 bridgehead atoms.